The second-order valence-corrected chi connectivity index (χ2v) is 13.0. The minimum absolute atomic E-state index is 0.0609. The molecule has 4 rings (SSSR count). The zero-order valence-electron chi connectivity index (χ0n) is 25.3. The standard InChI is InChI=1S/C34H34Cl2FN3O5S/c1-3-38-34(42)32(20-24-8-6-5-7-9-24)39(22-25-10-11-26(35)21-31(25)36)33(41)23-40(28-14-12-27(37)13-15-28)46(43,44)30-18-16-29(17-19-30)45-4-2/h5-19,21,32H,3-4,20,22-23H2,1-2H3,(H,38,42)/t32-/m0/s1. The summed E-state index contributed by atoms with van der Waals surface area (Å²) in [4.78, 5) is 29.2. The Morgan fingerprint density at radius 3 is 2.20 bits per heavy atom. The first-order valence-electron chi connectivity index (χ1n) is 14.6. The van der Waals surface area contributed by atoms with Crippen molar-refractivity contribution in [3.8, 4) is 5.75 Å². The van der Waals surface area contributed by atoms with Gasteiger partial charge in [-0.25, -0.2) is 12.8 Å². The number of anilines is 1. The van der Waals surface area contributed by atoms with E-state index in [9.17, 15) is 22.4 Å². The summed E-state index contributed by atoms with van der Waals surface area (Å²) in [5.41, 5.74) is 1.35. The number of sulfonamides is 1. The minimum Gasteiger partial charge on any atom is -0.494 e. The molecule has 0 unspecified atom stereocenters. The van der Waals surface area contributed by atoms with Crippen LogP contribution in [-0.2, 0) is 32.6 Å². The quantitative estimate of drug-likeness (QED) is 0.163. The summed E-state index contributed by atoms with van der Waals surface area (Å²) < 4.78 is 48.5. The number of carbonyl (C=O) groups is 2. The van der Waals surface area contributed by atoms with Gasteiger partial charge in [0.25, 0.3) is 10.0 Å². The third kappa shape index (κ3) is 8.78. The van der Waals surface area contributed by atoms with Crippen molar-refractivity contribution in [3.63, 3.8) is 0 Å². The molecule has 0 fully saturated rings. The zero-order chi connectivity index (χ0) is 33.3. The fourth-order valence-corrected chi connectivity index (χ4v) is 6.70. The summed E-state index contributed by atoms with van der Waals surface area (Å²) in [6.07, 6.45) is 0.145. The van der Waals surface area contributed by atoms with Crippen molar-refractivity contribution >= 4 is 50.7 Å². The van der Waals surface area contributed by atoms with Gasteiger partial charge in [0.2, 0.25) is 11.8 Å². The average Bonchev–Trinajstić information content (AvgIpc) is 3.04. The summed E-state index contributed by atoms with van der Waals surface area (Å²) >= 11 is 12.6. The van der Waals surface area contributed by atoms with Crippen LogP contribution in [0.4, 0.5) is 10.1 Å². The third-order valence-electron chi connectivity index (χ3n) is 7.09. The number of amides is 2. The van der Waals surface area contributed by atoms with Gasteiger partial charge in [-0.1, -0.05) is 59.6 Å². The van der Waals surface area contributed by atoms with Gasteiger partial charge in [-0.15, -0.1) is 0 Å². The van der Waals surface area contributed by atoms with Gasteiger partial charge in [-0.2, -0.15) is 0 Å². The van der Waals surface area contributed by atoms with Crippen LogP contribution in [0.1, 0.15) is 25.0 Å². The zero-order valence-corrected chi connectivity index (χ0v) is 27.7. The van der Waals surface area contributed by atoms with Gasteiger partial charge < -0.3 is 15.0 Å². The summed E-state index contributed by atoms with van der Waals surface area (Å²) in [6, 6.07) is 23.5. The van der Waals surface area contributed by atoms with E-state index in [0.717, 1.165) is 22.0 Å². The van der Waals surface area contributed by atoms with Crippen LogP contribution in [0.5, 0.6) is 5.75 Å². The third-order valence-corrected chi connectivity index (χ3v) is 9.47. The number of likely N-dealkylation sites (N-methyl/N-ethyl adjacent to an activating group) is 1. The topological polar surface area (TPSA) is 96.0 Å². The molecule has 0 spiro atoms. The lowest BCUT2D eigenvalue weighted by Crippen LogP contribution is -2.53. The molecule has 8 nitrogen and oxygen atoms in total. The highest BCUT2D eigenvalue weighted by Gasteiger charge is 2.35. The van der Waals surface area contributed by atoms with Crippen LogP contribution in [0.3, 0.4) is 0 Å². The number of hydrogen-bond acceptors (Lipinski definition) is 5. The smallest absolute Gasteiger partial charge is 0.264 e. The number of hydrogen-bond donors (Lipinski definition) is 1. The maximum atomic E-state index is 14.4. The predicted octanol–water partition coefficient (Wildman–Crippen LogP) is 6.50. The molecule has 4 aromatic carbocycles. The molecule has 46 heavy (non-hydrogen) atoms. The summed E-state index contributed by atoms with van der Waals surface area (Å²) in [6.45, 7) is 3.45. The lowest BCUT2D eigenvalue weighted by molar-refractivity contribution is -0.140. The van der Waals surface area contributed by atoms with Crippen LogP contribution in [0.25, 0.3) is 0 Å². The minimum atomic E-state index is -4.37. The first-order chi connectivity index (χ1) is 22.0. The largest absolute Gasteiger partial charge is 0.494 e. The Morgan fingerprint density at radius 2 is 1.59 bits per heavy atom. The van der Waals surface area contributed by atoms with E-state index in [4.69, 9.17) is 27.9 Å². The predicted molar refractivity (Wildman–Crippen MR) is 178 cm³/mol. The molecule has 12 heteroatoms. The lowest BCUT2D eigenvalue weighted by atomic mass is 10.0. The molecule has 0 aliphatic rings. The molecule has 242 valence electrons. The highest BCUT2D eigenvalue weighted by atomic mass is 35.5. The number of ether oxygens (including phenoxy) is 1. The van der Waals surface area contributed by atoms with Crippen LogP contribution >= 0.6 is 23.2 Å². The SMILES string of the molecule is CCNC(=O)[C@H](Cc1ccccc1)N(Cc1ccc(Cl)cc1Cl)C(=O)CN(c1ccc(F)cc1)S(=O)(=O)c1ccc(OCC)cc1. The first-order valence-corrected chi connectivity index (χ1v) is 16.8. The molecule has 0 aromatic heterocycles. The van der Waals surface area contributed by atoms with Gasteiger partial charge in [0.1, 0.15) is 24.2 Å². The molecule has 1 atom stereocenters. The van der Waals surface area contributed by atoms with E-state index in [2.05, 4.69) is 5.32 Å². The highest BCUT2D eigenvalue weighted by molar-refractivity contribution is 7.92. The molecular formula is C34H34Cl2FN3O5S. The van der Waals surface area contributed by atoms with Crippen molar-refractivity contribution in [2.45, 2.75) is 37.8 Å². The molecular weight excluding hydrogens is 652 g/mol. The normalized spacial score (nSPS) is 11.8. The van der Waals surface area contributed by atoms with Crippen molar-refractivity contribution in [2.24, 2.45) is 0 Å². The van der Waals surface area contributed by atoms with E-state index in [1.807, 2.05) is 30.3 Å². The molecule has 0 saturated carbocycles. The number of nitrogens with zero attached hydrogens (tertiary/aromatic N) is 2. The van der Waals surface area contributed by atoms with Crippen molar-refractivity contribution in [1.82, 2.24) is 10.2 Å². The monoisotopic (exact) mass is 685 g/mol. The summed E-state index contributed by atoms with van der Waals surface area (Å²) in [7, 11) is -4.37. The Morgan fingerprint density at radius 1 is 0.913 bits per heavy atom. The Bertz CT molecular complexity index is 1740. The molecule has 1 N–H and O–H groups in total. The van der Waals surface area contributed by atoms with Crippen LogP contribution in [0, 0.1) is 5.82 Å². The average molecular weight is 687 g/mol. The van der Waals surface area contributed by atoms with Crippen molar-refractivity contribution < 1.29 is 27.1 Å². The first kappa shape index (κ1) is 34.7. The van der Waals surface area contributed by atoms with E-state index in [0.29, 0.717) is 29.5 Å². The van der Waals surface area contributed by atoms with Gasteiger partial charge in [0.15, 0.2) is 0 Å². The Kier molecular flexibility index (Phi) is 12.0. The van der Waals surface area contributed by atoms with Gasteiger partial charge in [-0.3, -0.25) is 13.9 Å². The van der Waals surface area contributed by atoms with Gasteiger partial charge >= 0.3 is 0 Å². The van der Waals surface area contributed by atoms with Crippen molar-refractivity contribution in [2.75, 3.05) is 24.0 Å². The number of benzene rings is 4. The van der Waals surface area contributed by atoms with E-state index >= 15 is 0 Å². The molecule has 0 saturated heterocycles. The van der Waals surface area contributed by atoms with Crippen LogP contribution in [0.15, 0.2) is 102 Å². The molecule has 4 aromatic rings. The van der Waals surface area contributed by atoms with E-state index in [-0.39, 0.29) is 28.6 Å². The second-order valence-electron chi connectivity index (χ2n) is 10.2. The second kappa shape index (κ2) is 15.9. The summed E-state index contributed by atoms with van der Waals surface area (Å²) in [5, 5.41) is 3.47. The van der Waals surface area contributed by atoms with Crippen LogP contribution < -0.4 is 14.4 Å². The number of rotatable bonds is 14. The highest BCUT2D eigenvalue weighted by Crippen LogP contribution is 2.28. The Labute approximate surface area is 278 Å². The number of halogens is 3. The molecule has 0 bridgehead atoms. The van der Waals surface area contributed by atoms with Crippen molar-refractivity contribution in [3.05, 3.63) is 124 Å². The van der Waals surface area contributed by atoms with Crippen molar-refractivity contribution in [1.29, 1.82) is 0 Å². The van der Waals surface area contributed by atoms with Crippen LogP contribution in [-0.4, -0.2) is 50.9 Å². The lowest BCUT2D eigenvalue weighted by Gasteiger charge is -2.34. The van der Waals surface area contributed by atoms with Gasteiger partial charge in [-0.05, 0) is 85.6 Å². The maximum absolute atomic E-state index is 14.4. The molecule has 2 amide bonds. The number of nitrogens with one attached hydrogen (secondary N) is 1. The Hall–Kier alpha value is -4.12. The summed E-state index contributed by atoms with van der Waals surface area (Å²) in [5.74, 6) is -1.21. The molecule has 0 heterocycles. The molecule has 0 aliphatic heterocycles. The van der Waals surface area contributed by atoms with Gasteiger partial charge in [0, 0.05) is 29.6 Å². The Balaban J connectivity index is 1.80. The van der Waals surface area contributed by atoms with E-state index < -0.39 is 40.2 Å². The van der Waals surface area contributed by atoms with Crippen LogP contribution in [0.2, 0.25) is 10.0 Å². The number of carbonyl (C=O) groups excluding carboxylic acids is 2. The maximum Gasteiger partial charge on any atom is 0.264 e. The fraction of sp³-hybridized carbons (Fsp3) is 0.235. The fourth-order valence-electron chi connectivity index (χ4n) is 4.82. The van der Waals surface area contributed by atoms with E-state index in [1.54, 1.807) is 26.0 Å². The van der Waals surface area contributed by atoms with E-state index in [1.165, 1.54) is 47.4 Å². The van der Waals surface area contributed by atoms with Gasteiger partial charge in [0.05, 0.1) is 17.2 Å². The molecule has 0 aliphatic carbocycles. The molecule has 0 radical (unpaired) electrons.